The number of hydrogen-bond acceptors (Lipinski definition) is 4. The van der Waals surface area contributed by atoms with Crippen molar-refractivity contribution in [3.05, 3.63) is 48.0 Å². The fraction of sp³-hybridized carbons (Fsp3) is 0.250. The quantitative estimate of drug-likeness (QED) is 0.909. The van der Waals surface area contributed by atoms with Crippen LogP contribution < -0.4 is 9.47 Å². The number of para-hydroxylation sites is 1. The highest BCUT2D eigenvalue weighted by molar-refractivity contribution is 5.74. The van der Waals surface area contributed by atoms with Crippen LogP contribution in [-0.2, 0) is 10.3 Å². The Kier molecular flexibility index (Phi) is 2.49. The summed E-state index contributed by atoms with van der Waals surface area (Å²) < 4.78 is 16.0. The predicted octanol–water partition coefficient (Wildman–Crippen LogP) is 2.30. The van der Waals surface area contributed by atoms with Crippen molar-refractivity contribution in [2.24, 2.45) is 0 Å². The molecule has 0 atom stereocenters. The minimum Gasteiger partial charge on any atom is -0.454 e. The van der Waals surface area contributed by atoms with Crippen molar-refractivity contribution in [3.63, 3.8) is 0 Å². The molecule has 4 nitrogen and oxygen atoms in total. The first kappa shape index (κ1) is 11.8. The van der Waals surface area contributed by atoms with Gasteiger partial charge in [-0.3, -0.25) is 0 Å². The molecule has 20 heavy (non-hydrogen) atoms. The van der Waals surface area contributed by atoms with Gasteiger partial charge in [-0.15, -0.1) is 0 Å². The summed E-state index contributed by atoms with van der Waals surface area (Å²) >= 11 is 0. The Bertz CT molecular complexity index is 644. The molecule has 1 N–H and O–H groups in total. The fourth-order valence-corrected chi connectivity index (χ4v) is 2.58. The van der Waals surface area contributed by atoms with E-state index in [-0.39, 0.29) is 6.79 Å². The number of ether oxygens (including phenoxy) is 3. The molecule has 4 rings (SSSR count). The van der Waals surface area contributed by atoms with E-state index in [1.165, 1.54) is 0 Å². The lowest BCUT2D eigenvalue weighted by Gasteiger charge is -2.36. The van der Waals surface area contributed by atoms with Crippen molar-refractivity contribution in [2.45, 2.75) is 5.60 Å². The number of aliphatic hydroxyl groups is 1. The first-order valence-electron chi connectivity index (χ1n) is 6.56. The Balaban J connectivity index is 1.71. The van der Waals surface area contributed by atoms with E-state index < -0.39 is 5.60 Å². The van der Waals surface area contributed by atoms with Crippen molar-refractivity contribution in [3.8, 4) is 22.6 Å². The van der Waals surface area contributed by atoms with Gasteiger partial charge in [-0.2, -0.15) is 0 Å². The summed E-state index contributed by atoms with van der Waals surface area (Å²) in [5, 5.41) is 10.2. The second kappa shape index (κ2) is 4.23. The average molecular weight is 270 g/mol. The lowest BCUT2D eigenvalue weighted by molar-refractivity contribution is -0.184. The van der Waals surface area contributed by atoms with Crippen molar-refractivity contribution < 1.29 is 19.3 Å². The molecule has 2 aromatic rings. The third-order valence-corrected chi connectivity index (χ3v) is 3.81. The lowest BCUT2D eigenvalue weighted by atomic mass is 9.90. The molecule has 2 heterocycles. The molecule has 102 valence electrons. The molecule has 0 aromatic heterocycles. The van der Waals surface area contributed by atoms with E-state index in [0.717, 1.165) is 28.2 Å². The predicted molar refractivity (Wildman–Crippen MR) is 72.7 cm³/mol. The van der Waals surface area contributed by atoms with Gasteiger partial charge in [-0.1, -0.05) is 36.4 Å². The molecule has 4 heteroatoms. The van der Waals surface area contributed by atoms with E-state index in [0.29, 0.717) is 13.2 Å². The second-order valence-corrected chi connectivity index (χ2v) is 5.14. The zero-order valence-corrected chi connectivity index (χ0v) is 10.8. The van der Waals surface area contributed by atoms with E-state index in [9.17, 15) is 5.11 Å². The van der Waals surface area contributed by atoms with Crippen LogP contribution in [0.1, 0.15) is 5.56 Å². The molecular formula is C16H14O4. The third-order valence-electron chi connectivity index (χ3n) is 3.81. The van der Waals surface area contributed by atoms with Crippen LogP contribution in [0.15, 0.2) is 42.5 Å². The van der Waals surface area contributed by atoms with E-state index in [1.807, 2.05) is 42.5 Å². The van der Waals surface area contributed by atoms with Gasteiger partial charge in [-0.05, 0) is 17.2 Å². The van der Waals surface area contributed by atoms with Gasteiger partial charge >= 0.3 is 0 Å². The van der Waals surface area contributed by atoms with E-state index >= 15 is 0 Å². The maximum atomic E-state index is 10.2. The molecule has 0 bridgehead atoms. The van der Waals surface area contributed by atoms with Crippen LogP contribution in [-0.4, -0.2) is 25.1 Å². The van der Waals surface area contributed by atoms with Crippen LogP contribution in [0.5, 0.6) is 11.5 Å². The topological polar surface area (TPSA) is 47.9 Å². The maximum absolute atomic E-state index is 10.2. The Labute approximate surface area is 116 Å². The van der Waals surface area contributed by atoms with Gasteiger partial charge in [0.15, 0.2) is 11.5 Å². The maximum Gasteiger partial charge on any atom is 0.231 e. The van der Waals surface area contributed by atoms with Gasteiger partial charge in [-0.25, -0.2) is 0 Å². The van der Waals surface area contributed by atoms with Crippen LogP contribution in [0.4, 0.5) is 0 Å². The summed E-state index contributed by atoms with van der Waals surface area (Å²) in [6, 6.07) is 13.7. The van der Waals surface area contributed by atoms with Gasteiger partial charge < -0.3 is 19.3 Å². The molecule has 1 saturated heterocycles. The summed E-state index contributed by atoms with van der Waals surface area (Å²) in [6.07, 6.45) is 0. The third kappa shape index (κ3) is 1.69. The highest BCUT2D eigenvalue weighted by atomic mass is 16.7. The Morgan fingerprint density at radius 1 is 0.950 bits per heavy atom. The zero-order chi connectivity index (χ0) is 13.6. The summed E-state index contributed by atoms with van der Waals surface area (Å²) in [5.74, 6) is 1.56. The standard InChI is InChI=1S/C16H14O4/c17-16(8-18-9-16)12-6-4-11(5-7-12)13-2-1-3-14-15(13)20-10-19-14/h1-7,17H,8-10H2. The highest BCUT2D eigenvalue weighted by Gasteiger charge is 2.37. The highest BCUT2D eigenvalue weighted by Crippen LogP contribution is 2.41. The molecule has 0 saturated carbocycles. The summed E-state index contributed by atoms with van der Waals surface area (Å²) in [7, 11) is 0. The lowest BCUT2D eigenvalue weighted by Crippen LogP contribution is -2.46. The Morgan fingerprint density at radius 2 is 1.75 bits per heavy atom. The summed E-state index contributed by atoms with van der Waals surface area (Å²) in [6.45, 7) is 0.996. The first-order chi connectivity index (χ1) is 9.76. The molecule has 0 amide bonds. The largest absolute Gasteiger partial charge is 0.454 e. The van der Waals surface area contributed by atoms with Gasteiger partial charge in [0, 0.05) is 5.56 Å². The van der Waals surface area contributed by atoms with Gasteiger partial charge in [0.25, 0.3) is 0 Å². The zero-order valence-electron chi connectivity index (χ0n) is 10.8. The van der Waals surface area contributed by atoms with Crippen LogP contribution in [0.25, 0.3) is 11.1 Å². The van der Waals surface area contributed by atoms with Gasteiger partial charge in [0.05, 0.1) is 13.2 Å². The average Bonchev–Trinajstić information content (AvgIpc) is 2.93. The number of hydrogen-bond donors (Lipinski definition) is 1. The second-order valence-electron chi connectivity index (χ2n) is 5.14. The van der Waals surface area contributed by atoms with Crippen molar-refractivity contribution in [1.29, 1.82) is 0 Å². The minimum absolute atomic E-state index is 0.265. The first-order valence-corrected chi connectivity index (χ1v) is 6.56. The molecule has 0 radical (unpaired) electrons. The van der Waals surface area contributed by atoms with Crippen molar-refractivity contribution >= 4 is 0 Å². The van der Waals surface area contributed by atoms with Gasteiger partial charge in [0.2, 0.25) is 6.79 Å². The van der Waals surface area contributed by atoms with E-state index in [2.05, 4.69) is 0 Å². The normalized spacial score (nSPS) is 18.6. The van der Waals surface area contributed by atoms with Crippen molar-refractivity contribution in [1.82, 2.24) is 0 Å². The minimum atomic E-state index is -0.823. The number of fused-ring (bicyclic) bond motifs is 1. The molecular weight excluding hydrogens is 256 g/mol. The smallest absolute Gasteiger partial charge is 0.231 e. The SMILES string of the molecule is OC1(c2ccc(-c3cccc4c3OCO4)cc2)COC1. The Morgan fingerprint density at radius 3 is 2.45 bits per heavy atom. The monoisotopic (exact) mass is 270 g/mol. The van der Waals surface area contributed by atoms with Crippen molar-refractivity contribution in [2.75, 3.05) is 20.0 Å². The summed E-state index contributed by atoms with van der Waals surface area (Å²) in [5.41, 5.74) is 2.11. The molecule has 2 aromatic carbocycles. The van der Waals surface area contributed by atoms with Crippen LogP contribution >= 0.6 is 0 Å². The molecule has 0 unspecified atom stereocenters. The Hall–Kier alpha value is -2.04. The van der Waals surface area contributed by atoms with E-state index in [1.54, 1.807) is 0 Å². The van der Waals surface area contributed by atoms with Crippen LogP contribution in [0, 0.1) is 0 Å². The number of rotatable bonds is 2. The fourth-order valence-electron chi connectivity index (χ4n) is 2.58. The van der Waals surface area contributed by atoms with Crippen LogP contribution in [0.3, 0.4) is 0 Å². The summed E-state index contributed by atoms with van der Waals surface area (Å²) in [4.78, 5) is 0. The molecule has 0 spiro atoms. The van der Waals surface area contributed by atoms with Gasteiger partial charge in [0.1, 0.15) is 5.60 Å². The van der Waals surface area contributed by atoms with Crippen LogP contribution in [0.2, 0.25) is 0 Å². The molecule has 1 fully saturated rings. The molecule has 2 aliphatic heterocycles. The molecule has 2 aliphatic rings. The molecule has 0 aliphatic carbocycles. The van der Waals surface area contributed by atoms with E-state index in [4.69, 9.17) is 14.2 Å². The number of benzene rings is 2.